The van der Waals surface area contributed by atoms with Gasteiger partial charge in [0.2, 0.25) is 0 Å². The van der Waals surface area contributed by atoms with Gasteiger partial charge in [0.25, 0.3) is 5.65 Å². The lowest BCUT2D eigenvalue weighted by atomic mass is 9.99. The van der Waals surface area contributed by atoms with Crippen LogP contribution in [0.3, 0.4) is 0 Å². The minimum absolute atomic E-state index is 0.345. The molecule has 0 amide bonds. The largest absolute Gasteiger partial charge is 0.475 e. The fourth-order valence-corrected chi connectivity index (χ4v) is 4.08. The van der Waals surface area contributed by atoms with E-state index in [0.717, 1.165) is 5.75 Å². The summed E-state index contributed by atoms with van der Waals surface area (Å²) < 4.78 is 11.0. The van der Waals surface area contributed by atoms with E-state index in [0.29, 0.717) is 0 Å². The van der Waals surface area contributed by atoms with Crippen molar-refractivity contribution in [3.8, 4) is 5.75 Å². The van der Waals surface area contributed by atoms with Gasteiger partial charge < -0.3 is 4.74 Å². The van der Waals surface area contributed by atoms with Crippen LogP contribution in [0.1, 0.15) is 25.1 Å². The number of fused-ring (bicyclic) bond motifs is 3. The molecule has 0 N–H and O–H groups in total. The van der Waals surface area contributed by atoms with Gasteiger partial charge in [0.15, 0.2) is 22.6 Å². The summed E-state index contributed by atoms with van der Waals surface area (Å²) >= 11 is 0. The van der Waals surface area contributed by atoms with Gasteiger partial charge in [-0.25, -0.2) is 4.57 Å². The summed E-state index contributed by atoms with van der Waals surface area (Å²) in [7, 11) is 2.13. The van der Waals surface area contributed by atoms with Crippen molar-refractivity contribution >= 4 is 27.3 Å². The molecule has 0 aliphatic carbocycles. The molecule has 0 fully saturated rings. The van der Waals surface area contributed by atoms with E-state index in [4.69, 9.17) is 4.74 Å². The van der Waals surface area contributed by atoms with Crippen molar-refractivity contribution in [1.82, 2.24) is 4.40 Å². The Labute approximate surface area is 134 Å². The molecule has 2 aromatic heterocycles. The van der Waals surface area contributed by atoms with Crippen molar-refractivity contribution < 1.29 is 9.30 Å². The molecule has 1 aliphatic heterocycles. The molecular formula is C20H19N2O+. The zero-order valence-corrected chi connectivity index (χ0v) is 13.8. The van der Waals surface area contributed by atoms with Gasteiger partial charge in [-0.15, -0.1) is 0 Å². The molecule has 23 heavy (non-hydrogen) atoms. The standard InChI is InChI=1S/C20H19N2O/c1-12-7-5-8-13-14-9-6-10-15-18(14)22-16(20(2,3)23-15)11-21(4)19(22)17(12)13/h5-11H,1-4H3/q+1. The Bertz CT molecular complexity index is 1140. The number of nitrogens with zero attached hydrogens (tertiary/aromatic N) is 2. The van der Waals surface area contributed by atoms with E-state index >= 15 is 0 Å². The predicted molar refractivity (Wildman–Crippen MR) is 92.0 cm³/mol. The zero-order valence-electron chi connectivity index (χ0n) is 13.8. The first kappa shape index (κ1) is 12.9. The monoisotopic (exact) mass is 303 g/mol. The highest BCUT2D eigenvalue weighted by molar-refractivity contribution is 6.13. The van der Waals surface area contributed by atoms with Crippen LogP contribution < -0.4 is 9.30 Å². The molecule has 114 valence electrons. The number of hydrogen-bond acceptors (Lipinski definition) is 1. The summed E-state index contributed by atoms with van der Waals surface area (Å²) in [5.74, 6) is 0.963. The summed E-state index contributed by atoms with van der Waals surface area (Å²) in [6.07, 6.45) is 2.20. The van der Waals surface area contributed by atoms with Gasteiger partial charge in [-0.1, -0.05) is 24.3 Å². The summed E-state index contributed by atoms with van der Waals surface area (Å²) in [5, 5.41) is 3.86. The van der Waals surface area contributed by atoms with Crippen molar-refractivity contribution in [3.63, 3.8) is 0 Å². The van der Waals surface area contributed by atoms with Crippen LogP contribution in [-0.2, 0) is 12.6 Å². The lowest BCUT2D eigenvalue weighted by Crippen LogP contribution is -2.30. The molecule has 3 nitrogen and oxygen atoms in total. The number of pyridine rings is 1. The number of benzene rings is 2. The van der Waals surface area contributed by atoms with Gasteiger partial charge in [-0.3, -0.25) is 0 Å². The molecule has 0 unspecified atom stereocenters. The molecule has 0 saturated heterocycles. The van der Waals surface area contributed by atoms with Gasteiger partial charge >= 0.3 is 0 Å². The van der Waals surface area contributed by atoms with Crippen LogP contribution in [0.15, 0.2) is 42.6 Å². The average Bonchev–Trinajstić information content (AvgIpc) is 2.86. The fourth-order valence-electron chi connectivity index (χ4n) is 4.08. The Hall–Kier alpha value is -2.55. The Morgan fingerprint density at radius 1 is 1.04 bits per heavy atom. The van der Waals surface area contributed by atoms with Crippen LogP contribution >= 0.6 is 0 Å². The van der Waals surface area contributed by atoms with E-state index in [-0.39, 0.29) is 5.60 Å². The fraction of sp³-hybridized carbons (Fsp3) is 0.250. The highest BCUT2D eigenvalue weighted by Crippen LogP contribution is 2.42. The molecule has 0 spiro atoms. The molecule has 4 aromatic rings. The van der Waals surface area contributed by atoms with Gasteiger partial charge in [-0.05, 0) is 38.5 Å². The van der Waals surface area contributed by atoms with Crippen molar-refractivity contribution in [3.05, 3.63) is 53.9 Å². The maximum atomic E-state index is 6.34. The molecule has 3 heterocycles. The third-order valence-electron chi connectivity index (χ3n) is 5.09. The number of rotatable bonds is 0. The first-order valence-corrected chi connectivity index (χ1v) is 8.03. The van der Waals surface area contributed by atoms with Gasteiger partial charge in [-0.2, -0.15) is 4.40 Å². The van der Waals surface area contributed by atoms with Crippen molar-refractivity contribution in [1.29, 1.82) is 0 Å². The van der Waals surface area contributed by atoms with Crippen molar-refractivity contribution in [2.45, 2.75) is 26.4 Å². The molecular weight excluding hydrogens is 284 g/mol. The molecule has 0 saturated carbocycles. The highest BCUT2D eigenvalue weighted by Gasteiger charge is 2.39. The number of ether oxygens (including phenoxy) is 1. The Morgan fingerprint density at radius 2 is 1.78 bits per heavy atom. The highest BCUT2D eigenvalue weighted by atomic mass is 16.5. The van der Waals surface area contributed by atoms with E-state index in [9.17, 15) is 0 Å². The van der Waals surface area contributed by atoms with Crippen LogP contribution in [-0.4, -0.2) is 4.40 Å². The van der Waals surface area contributed by atoms with Crippen molar-refractivity contribution in [2.24, 2.45) is 7.05 Å². The lowest BCUT2D eigenvalue weighted by Gasteiger charge is -2.28. The van der Waals surface area contributed by atoms with Gasteiger partial charge in [0.05, 0.1) is 12.4 Å². The molecule has 5 rings (SSSR count). The maximum Gasteiger partial charge on any atom is 0.295 e. The topological polar surface area (TPSA) is 17.5 Å². The quantitative estimate of drug-likeness (QED) is 0.354. The first-order valence-electron chi connectivity index (χ1n) is 8.03. The van der Waals surface area contributed by atoms with Crippen LogP contribution in [0, 0.1) is 6.92 Å². The van der Waals surface area contributed by atoms with Gasteiger partial charge in [0, 0.05) is 10.8 Å². The van der Waals surface area contributed by atoms with E-state index in [1.165, 1.54) is 38.6 Å². The SMILES string of the molecule is Cc1cccc2c3cccc4c3n3c(c[n+](C)c3c12)C(C)(C)O4. The smallest absolute Gasteiger partial charge is 0.295 e. The minimum atomic E-state index is -0.345. The maximum absolute atomic E-state index is 6.34. The third-order valence-corrected chi connectivity index (χ3v) is 5.09. The molecule has 0 atom stereocenters. The molecule has 1 aliphatic rings. The predicted octanol–water partition coefficient (Wildman–Crippen LogP) is 4.01. The van der Waals surface area contributed by atoms with Gasteiger partial charge in [0.1, 0.15) is 6.20 Å². The second kappa shape index (κ2) is 3.85. The first-order chi connectivity index (χ1) is 11.0. The normalized spacial score (nSPS) is 15.7. The van der Waals surface area contributed by atoms with Crippen molar-refractivity contribution in [2.75, 3.05) is 0 Å². The summed E-state index contributed by atoms with van der Waals surface area (Å²) in [4.78, 5) is 0. The molecule has 0 radical (unpaired) electrons. The Kier molecular flexibility index (Phi) is 2.17. The zero-order chi connectivity index (χ0) is 15.9. The average molecular weight is 303 g/mol. The van der Waals surface area contributed by atoms with Crippen LogP contribution in [0.25, 0.3) is 27.3 Å². The summed E-state index contributed by atoms with van der Waals surface area (Å²) in [5.41, 5.74) is 4.57. The van der Waals surface area contributed by atoms with Crippen LogP contribution in [0.5, 0.6) is 5.75 Å². The number of imidazole rings is 1. The molecule has 2 aromatic carbocycles. The number of aromatic nitrogens is 2. The lowest BCUT2D eigenvalue weighted by molar-refractivity contribution is -0.643. The van der Waals surface area contributed by atoms with Crippen LogP contribution in [0.4, 0.5) is 0 Å². The number of para-hydroxylation sites is 1. The van der Waals surface area contributed by atoms with E-state index in [1.807, 2.05) is 0 Å². The molecule has 0 bridgehead atoms. The van der Waals surface area contributed by atoms with Crippen LogP contribution in [0.2, 0.25) is 0 Å². The number of aryl methyl sites for hydroxylation is 2. The van der Waals surface area contributed by atoms with E-state index < -0.39 is 0 Å². The molecule has 3 heteroatoms. The second-order valence-corrected chi connectivity index (χ2v) is 7.05. The van der Waals surface area contributed by atoms with E-state index in [2.05, 4.69) is 79.4 Å². The number of hydrogen-bond donors (Lipinski definition) is 0. The third kappa shape index (κ3) is 1.43. The van der Waals surface area contributed by atoms with E-state index in [1.54, 1.807) is 0 Å². The second-order valence-electron chi connectivity index (χ2n) is 7.05. The minimum Gasteiger partial charge on any atom is -0.475 e. The Balaban J connectivity index is 2.25. The summed E-state index contributed by atoms with van der Waals surface area (Å²) in [6, 6.07) is 12.9. The Morgan fingerprint density at radius 3 is 2.61 bits per heavy atom. The summed E-state index contributed by atoms with van der Waals surface area (Å²) in [6.45, 7) is 6.47.